The molecule has 0 radical (unpaired) electrons. The van der Waals surface area contributed by atoms with Crippen molar-refractivity contribution in [1.82, 2.24) is 0 Å². The summed E-state index contributed by atoms with van der Waals surface area (Å²) in [6.45, 7) is 11.8. The van der Waals surface area contributed by atoms with Crippen LogP contribution in [0.1, 0.15) is 75.5 Å². The molecule has 1 aromatic carbocycles. The van der Waals surface area contributed by atoms with E-state index in [1.807, 2.05) is 0 Å². The van der Waals surface area contributed by atoms with Gasteiger partial charge in [0.25, 0.3) is 0 Å². The van der Waals surface area contributed by atoms with Crippen LogP contribution >= 0.6 is 0 Å². The van der Waals surface area contributed by atoms with Crippen LogP contribution in [0.5, 0.6) is 5.75 Å². The number of hydrogen-bond donors (Lipinski definition) is 0. The second-order valence-corrected chi connectivity index (χ2v) is 5.95. The highest BCUT2D eigenvalue weighted by molar-refractivity contribution is 5.46. The Hall–Kier alpha value is -1.24. The predicted octanol–water partition coefficient (Wildman–Crippen LogP) is 6.33. The molecule has 0 aliphatic heterocycles. The summed E-state index contributed by atoms with van der Waals surface area (Å²) in [5.41, 5.74) is 4.02. The molecule has 0 aliphatic rings. The largest absolute Gasteiger partial charge is 0.493 e. The summed E-state index contributed by atoms with van der Waals surface area (Å²) in [5.74, 6) is 1.70. The predicted molar refractivity (Wildman–Crippen MR) is 93.4 cm³/mol. The molecule has 0 N–H and O–H groups in total. The molecule has 1 nitrogen and oxygen atoms in total. The van der Waals surface area contributed by atoms with E-state index in [2.05, 4.69) is 58.9 Å². The molecule has 0 saturated heterocycles. The molecular formula is C20H32O. The topological polar surface area (TPSA) is 9.23 Å². The van der Waals surface area contributed by atoms with Gasteiger partial charge in [-0.1, -0.05) is 57.0 Å². The van der Waals surface area contributed by atoms with E-state index in [-0.39, 0.29) is 0 Å². The van der Waals surface area contributed by atoms with E-state index in [0.717, 1.165) is 31.6 Å². The van der Waals surface area contributed by atoms with Crippen molar-refractivity contribution in [1.29, 1.82) is 0 Å². The summed E-state index contributed by atoms with van der Waals surface area (Å²) in [4.78, 5) is 0. The molecule has 0 amide bonds. The molecule has 0 aliphatic carbocycles. The molecule has 1 atom stereocenters. The zero-order chi connectivity index (χ0) is 15.7. The highest BCUT2D eigenvalue weighted by Crippen LogP contribution is 2.36. The zero-order valence-corrected chi connectivity index (χ0v) is 14.5. The van der Waals surface area contributed by atoms with Gasteiger partial charge in [0.1, 0.15) is 5.75 Å². The van der Waals surface area contributed by atoms with Crippen LogP contribution in [0.4, 0.5) is 0 Å². The molecule has 0 aromatic heterocycles. The first-order valence-corrected chi connectivity index (χ1v) is 8.52. The van der Waals surface area contributed by atoms with E-state index in [1.54, 1.807) is 0 Å². The van der Waals surface area contributed by atoms with Crippen molar-refractivity contribution >= 4 is 0 Å². The van der Waals surface area contributed by atoms with Crippen molar-refractivity contribution < 1.29 is 4.74 Å². The lowest BCUT2D eigenvalue weighted by atomic mass is 9.88. The van der Waals surface area contributed by atoms with Gasteiger partial charge in [0.15, 0.2) is 0 Å². The van der Waals surface area contributed by atoms with E-state index in [4.69, 9.17) is 4.74 Å². The summed E-state index contributed by atoms with van der Waals surface area (Å²) < 4.78 is 6.08. The number of aryl methyl sites for hydroxylation is 2. The molecule has 1 rings (SSSR count). The first-order valence-electron chi connectivity index (χ1n) is 8.52. The molecule has 0 spiro atoms. The summed E-state index contributed by atoms with van der Waals surface area (Å²) >= 11 is 0. The van der Waals surface area contributed by atoms with E-state index in [0.29, 0.717) is 5.92 Å². The number of ether oxygens (including phenoxy) is 1. The standard InChI is InChI=1S/C20H32O/c1-6-9-10-12-18(11-7-2)19-15-16(4)14-17(5)20(19)21-13-8-3/h9-10,14-15,18H,6-8,11-13H2,1-5H3/b10-9-. The van der Waals surface area contributed by atoms with Crippen LogP contribution in [0.3, 0.4) is 0 Å². The Kier molecular flexibility index (Phi) is 8.19. The number of hydrogen-bond acceptors (Lipinski definition) is 1. The van der Waals surface area contributed by atoms with Crippen molar-refractivity contribution in [2.75, 3.05) is 6.61 Å². The SMILES string of the molecule is CC/C=C\CC(CCC)c1cc(C)cc(C)c1OCCC. The lowest BCUT2D eigenvalue weighted by Crippen LogP contribution is -2.06. The molecule has 0 saturated carbocycles. The number of rotatable bonds is 9. The van der Waals surface area contributed by atoms with Gasteiger partial charge in [0.2, 0.25) is 0 Å². The second kappa shape index (κ2) is 9.65. The molecule has 1 unspecified atom stereocenters. The van der Waals surface area contributed by atoms with Crippen LogP contribution < -0.4 is 4.74 Å². The van der Waals surface area contributed by atoms with Gasteiger partial charge >= 0.3 is 0 Å². The molecule has 0 heterocycles. The highest BCUT2D eigenvalue weighted by Gasteiger charge is 2.17. The van der Waals surface area contributed by atoms with E-state index < -0.39 is 0 Å². The summed E-state index contributed by atoms with van der Waals surface area (Å²) in [6, 6.07) is 4.57. The van der Waals surface area contributed by atoms with Gasteiger partial charge in [-0.25, -0.2) is 0 Å². The third kappa shape index (κ3) is 5.57. The Morgan fingerprint density at radius 2 is 1.81 bits per heavy atom. The van der Waals surface area contributed by atoms with Gasteiger partial charge < -0.3 is 4.74 Å². The first-order chi connectivity index (χ1) is 10.1. The van der Waals surface area contributed by atoms with Crippen LogP contribution in [0.15, 0.2) is 24.3 Å². The maximum atomic E-state index is 6.08. The van der Waals surface area contributed by atoms with Crippen molar-refractivity contribution in [3.05, 3.63) is 41.0 Å². The van der Waals surface area contributed by atoms with Gasteiger partial charge in [-0.05, 0) is 56.6 Å². The highest BCUT2D eigenvalue weighted by atomic mass is 16.5. The van der Waals surface area contributed by atoms with E-state index in [9.17, 15) is 0 Å². The van der Waals surface area contributed by atoms with Crippen LogP contribution in [0.2, 0.25) is 0 Å². The normalized spacial score (nSPS) is 12.8. The minimum Gasteiger partial charge on any atom is -0.493 e. The first kappa shape index (κ1) is 17.8. The molecule has 1 heteroatoms. The molecule has 0 bridgehead atoms. The summed E-state index contributed by atoms with van der Waals surface area (Å²) in [5, 5.41) is 0. The van der Waals surface area contributed by atoms with Crippen molar-refractivity contribution in [3.8, 4) is 5.75 Å². The molecule has 0 fully saturated rings. The number of allylic oxidation sites excluding steroid dienone is 2. The number of benzene rings is 1. The van der Waals surface area contributed by atoms with Gasteiger partial charge in [-0.3, -0.25) is 0 Å². The maximum Gasteiger partial charge on any atom is 0.125 e. The Morgan fingerprint density at radius 1 is 1.05 bits per heavy atom. The van der Waals surface area contributed by atoms with Crippen molar-refractivity contribution in [3.63, 3.8) is 0 Å². The second-order valence-electron chi connectivity index (χ2n) is 5.95. The molecule has 1 aromatic rings. The van der Waals surface area contributed by atoms with E-state index >= 15 is 0 Å². The van der Waals surface area contributed by atoms with E-state index in [1.165, 1.54) is 29.5 Å². The third-order valence-corrected chi connectivity index (χ3v) is 3.80. The van der Waals surface area contributed by atoms with Gasteiger partial charge in [-0.2, -0.15) is 0 Å². The third-order valence-electron chi connectivity index (χ3n) is 3.80. The van der Waals surface area contributed by atoms with Crippen LogP contribution in [0, 0.1) is 13.8 Å². The lowest BCUT2D eigenvalue weighted by Gasteiger charge is -2.21. The Morgan fingerprint density at radius 3 is 2.43 bits per heavy atom. The Balaban J connectivity index is 3.10. The minimum atomic E-state index is 0.572. The van der Waals surface area contributed by atoms with Crippen molar-refractivity contribution in [2.24, 2.45) is 0 Å². The van der Waals surface area contributed by atoms with Crippen molar-refractivity contribution in [2.45, 2.75) is 72.6 Å². The average Bonchev–Trinajstić information content (AvgIpc) is 2.45. The lowest BCUT2D eigenvalue weighted by molar-refractivity contribution is 0.309. The maximum absolute atomic E-state index is 6.08. The minimum absolute atomic E-state index is 0.572. The molecule has 21 heavy (non-hydrogen) atoms. The quantitative estimate of drug-likeness (QED) is 0.482. The fourth-order valence-electron chi connectivity index (χ4n) is 2.87. The Labute approximate surface area is 131 Å². The Bertz CT molecular complexity index is 445. The summed E-state index contributed by atoms with van der Waals surface area (Å²) in [7, 11) is 0. The van der Waals surface area contributed by atoms with Crippen LogP contribution in [-0.4, -0.2) is 6.61 Å². The van der Waals surface area contributed by atoms with Gasteiger partial charge in [0.05, 0.1) is 6.61 Å². The average molecular weight is 288 g/mol. The molecular weight excluding hydrogens is 256 g/mol. The van der Waals surface area contributed by atoms with Gasteiger partial charge in [-0.15, -0.1) is 0 Å². The van der Waals surface area contributed by atoms with Gasteiger partial charge in [0, 0.05) is 0 Å². The fraction of sp³-hybridized carbons (Fsp3) is 0.600. The fourth-order valence-corrected chi connectivity index (χ4v) is 2.87. The zero-order valence-electron chi connectivity index (χ0n) is 14.5. The summed E-state index contributed by atoms with van der Waals surface area (Å²) in [6.07, 6.45) is 10.3. The van der Waals surface area contributed by atoms with Crippen LogP contribution in [-0.2, 0) is 0 Å². The monoisotopic (exact) mass is 288 g/mol. The molecule has 118 valence electrons. The smallest absolute Gasteiger partial charge is 0.125 e. The van der Waals surface area contributed by atoms with Crippen LogP contribution in [0.25, 0.3) is 0 Å².